The van der Waals surface area contributed by atoms with Gasteiger partial charge in [0, 0.05) is 12.1 Å². The zero-order valence-electron chi connectivity index (χ0n) is 8.93. The molecule has 2 aliphatic rings. The number of nitrogens with zero attached hydrogens (tertiary/aromatic N) is 1. The Labute approximate surface area is 94.3 Å². The number of rotatable bonds is 2. The van der Waals surface area contributed by atoms with E-state index in [1.54, 1.807) is 4.90 Å². The normalized spacial score (nSPS) is 23.0. The summed E-state index contributed by atoms with van der Waals surface area (Å²) in [6.45, 7) is 0.535. The van der Waals surface area contributed by atoms with Crippen molar-refractivity contribution in [1.29, 1.82) is 0 Å². The average molecular weight is 215 g/mol. The lowest BCUT2D eigenvalue weighted by atomic mass is 10.1. The number of fused-ring (bicyclic) bond motifs is 1. The molecule has 0 saturated carbocycles. The van der Waals surface area contributed by atoms with E-state index in [0.29, 0.717) is 6.61 Å². The van der Waals surface area contributed by atoms with Crippen LogP contribution in [0.15, 0.2) is 42.1 Å². The molecule has 82 valence electrons. The number of benzene rings is 1. The predicted octanol–water partition coefficient (Wildman–Crippen LogP) is 2.34. The van der Waals surface area contributed by atoms with E-state index in [0.717, 1.165) is 18.5 Å². The summed E-state index contributed by atoms with van der Waals surface area (Å²) >= 11 is 0. The summed E-state index contributed by atoms with van der Waals surface area (Å²) in [5.74, 6) is 0. The van der Waals surface area contributed by atoms with Crippen molar-refractivity contribution in [3.63, 3.8) is 0 Å². The van der Waals surface area contributed by atoms with E-state index in [-0.39, 0.29) is 12.1 Å². The van der Waals surface area contributed by atoms with Crippen LogP contribution < -0.4 is 0 Å². The minimum atomic E-state index is -0.190. The molecule has 0 bridgehead atoms. The summed E-state index contributed by atoms with van der Waals surface area (Å²) in [5.41, 5.74) is 2.31. The second-order valence-electron chi connectivity index (χ2n) is 4.19. The maximum atomic E-state index is 11.5. The molecule has 0 aliphatic carbocycles. The van der Waals surface area contributed by atoms with Gasteiger partial charge in [0.05, 0.1) is 6.04 Å². The number of carbonyl (C=O) groups excluding carboxylic acids is 1. The Kier molecular flexibility index (Phi) is 2.17. The van der Waals surface area contributed by atoms with Gasteiger partial charge in [0.2, 0.25) is 0 Å². The van der Waals surface area contributed by atoms with Crippen LogP contribution in [0.1, 0.15) is 12.0 Å². The van der Waals surface area contributed by atoms with Crippen molar-refractivity contribution in [3.8, 4) is 0 Å². The lowest BCUT2D eigenvalue weighted by Crippen LogP contribution is -2.28. The molecule has 1 atom stereocenters. The van der Waals surface area contributed by atoms with E-state index in [2.05, 4.69) is 18.2 Å². The molecule has 3 heteroatoms. The fourth-order valence-electron chi connectivity index (χ4n) is 2.32. The highest BCUT2D eigenvalue weighted by molar-refractivity contribution is 5.73. The van der Waals surface area contributed by atoms with Crippen LogP contribution in [0.2, 0.25) is 0 Å². The van der Waals surface area contributed by atoms with Crippen molar-refractivity contribution in [2.75, 3.05) is 6.61 Å². The molecule has 1 aromatic carbocycles. The number of ether oxygens (including phenoxy) is 1. The molecule has 1 fully saturated rings. The summed E-state index contributed by atoms with van der Waals surface area (Å²) < 4.78 is 5.03. The molecule has 0 unspecified atom stereocenters. The third-order valence-electron chi connectivity index (χ3n) is 3.12. The Balaban J connectivity index is 1.79. The van der Waals surface area contributed by atoms with Crippen LogP contribution in [0, 0.1) is 0 Å². The number of amides is 1. The van der Waals surface area contributed by atoms with Crippen LogP contribution in [0.25, 0.3) is 0 Å². The molecule has 1 amide bonds. The summed E-state index contributed by atoms with van der Waals surface area (Å²) in [6.07, 6.45) is 3.70. The van der Waals surface area contributed by atoms with Gasteiger partial charge in [-0.15, -0.1) is 0 Å². The first-order valence-corrected chi connectivity index (χ1v) is 5.53. The first-order valence-electron chi connectivity index (χ1n) is 5.53. The van der Waals surface area contributed by atoms with Gasteiger partial charge >= 0.3 is 6.09 Å². The molecular formula is C13H13NO2. The predicted molar refractivity (Wildman–Crippen MR) is 59.8 cm³/mol. The van der Waals surface area contributed by atoms with Gasteiger partial charge < -0.3 is 4.74 Å². The number of allylic oxidation sites excluding steroid dienone is 1. The van der Waals surface area contributed by atoms with E-state index in [1.807, 2.05) is 18.2 Å². The van der Waals surface area contributed by atoms with Crippen molar-refractivity contribution < 1.29 is 9.53 Å². The summed E-state index contributed by atoms with van der Waals surface area (Å²) in [5, 5.41) is 0. The van der Waals surface area contributed by atoms with E-state index in [4.69, 9.17) is 4.74 Å². The Morgan fingerprint density at radius 2 is 2.12 bits per heavy atom. The number of hydrogen-bond acceptors (Lipinski definition) is 2. The first kappa shape index (κ1) is 9.46. The summed E-state index contributed by atoms with van der Waals surface area (Å²) in [7, 11) is 0. The molecule has 0 aromatic heterocycles. The van der Waals surface area contributed by atoms with Crippen LogP contribution in [-0.2, 0) is 11.2 Å². The van der Waals surface area contributed by atoms with Gasteiger partial charge in [0.15, 0.2) is 0 Å². The molecular weight excluding hydrogens is 202 g/mol. The Bertz CT molecular complexity index is 439. The molecule has 1 aromatic rings. The van der Waals surface area contributed by atoms with Gasteiger partial charge in [-0.05, 0) is 12.0 Å². The van der Waals surface area contributed by atoms with Gasteiger partial charge in [-0.3, -0.25) is 4.90 Å². The van der Waals surface area contributed by atoms with Crippen molar-refractivity contribution in [2.45, 2.75) is 18.9 Å². The number of hydrogen-bond donors (Lipinski definition) is 0. The monoisotopic (exact) mass is 215 g/mol. The molecule has 0 radical (unpaired) electrons. The topological polar surface area (TPSA) is 29.5 Å². The van der Waals surface area contributed by atoms with E-state index in [9.17, 15) is 4.79 Å². The Morgan fingerprint density at radius 1 is 1.31 bits per heavy atom. The SMILES string of the molecule is O=C1OC[C@@H]2CC=C(Cc3ccccc3)N12. The first-order chi connectivity index (χ1) is 7.84. The molecule has 2 aliphatic heterocycles. The van der Waals surface area contributed by atoms with Gasteiger partial charge in [0.1, 0.15) is 6.61 Å². The zero-order chi connectivity index (χ0) is 11.0. The van der Waals surface area contributed by atoms with Crippen molar-refractivity contribution in [1.82, 2.24) is 4.90 Å². The fourth-order valence-corrected chi connectivity index (χ4v) is 2.32. The minimum Gasteiger partial charge on any atom is -0.447 e. The van der Waals surface area contributed by atoms with Gasteiger partial charge in [0.25, 0.3) is 0 Å². The standard InChI is InChI=1S/C13H13NO2/c15-13-14-11(6-7-12(14)9-16-13)8-10-4-2-1-3-5-10/h1-6,12H,7-9H2/t12-/m0/s1. The van der Waals surface area contributed by atoms with Crippen molar-refractivity contribution in [2.24, 2.45) is 0 Å². The third kappa shape index (κ3) is 1.48. The van der Waals surface area contributed by atoms with Crippen LogP contribution in [0.3, 0.4) is 0 Å². The number of carbonyl (C=O) groups is 1. The highest BCUT2D eigenvalue weighted by Gasteiger charge is 2.38. The van der Waals surface area contributed by atoms with E-state index < -0.39 is 0 Å². The summed E-state index contributed by atoms with van der Waals surface area (Å²) in [4.78, 5) is 13.3. The quantitative estimate of drug-likeness (QED) is 0.757. The zero-order valence-corrected chi connectivity index (χ0v) is 8.93. The lowest BCUT2D eigenvalue weighted by Gasteiger charge is -2.16. The van der Waals surface area contributed by atoms with Crippen molar-refractivity contribution >= 4 is 6.09 Å². The van der Waals surface area contributed by atoms with Crippen LogP contribution in [0.4, 0.5) is 4.79 Å². The van der Waals surface area contributed by atoms with Crippen molar-refractivity contribution in [3.05, 3.63) is 47.7 Å². The highest BCUT2D eigenvalue weighted by Crippen LogP contribution is 2.29. The highest BCUT2D eigenvalue weighted by atomic mass is 16.6. The molecule has 2 heterocycles. The van der Waals surface area contributed by atoms with Gasteiger partial charge in [-0.1, -0.05) is 36.4 Å². The largest absolute Gasteiger partial charge is 0.447 e. The smallest absolute Gasteiger partial charge is 0.414 e. The van der Waals surface area contributed by atoms with Crippen LogP contribution >= 0.6 is 0 Å². The molecule has 16 heavy (non-hydrogen) atoms. The van der Waals surface area contributed by atoms with E-state index in [1.165, 1.54) is 5.56 Å². The molecule has 0 N–H and O–H groups in total. The van der Waals surface area contributed by atoms with Gasteiger partial charge in [-0.25, -0.2) is 4.79 Å². The molecule has 0 spiro atoms. The van der Waals surface area contributed by atoms with Crippen LogP contribution in [0.5, 0.6) is 0 Å². The molecule has 3 rings (SSSR count). The van der Waals surface area contributed by atoms with Gasteiger partial charge in [-0.2, -0.15) is 0 Å². The number of cyclic esters (lactones) is 1. The Morgan fingerprint density at radius 3 is 2.94 bits per heavy atom. The van der Waals surface area contributed by atoms with Crippen LogP contribution in [-0.4, -0.2) is 23.6 Å². The third-order valence-corrected chi connectivity index (χ3v) is 3.12. The second kappa shape index (κ2) is 3.67. The second-order valence-corrected chi connectivity index (χ2v) is 4.19. The maximum Gasteiger partial charge on any atom is 0.414 e. The molecule has 1 saturated heterocycles. The minimum absolute atomic E-state index is 0.190. The lowest BCUT2D eigenvalue weighted by molar-refractivity contribution is 0.164. The molecule has 3 nitrogen and oxygen atoms in total. The Hall–Kier alpha value is -1.77. The fraction of sp³-hybridized carbons (Fsp3) is 0.308. The average Bonchev–Trinajstić information content (AvgIpc) is 2.86. The van der Waals surface area contributed by atoms with E-state index >= 15 is 0 Å². The summed E-state index contributed by atoms with van der Waals surface area (Å²) in [6, 6.07) is 10.4. The maximum absolute atomic E-state index is 11.5.